The fourth-order valence-electron chi connectivity index (χ4n) is 2.73. The molecule has 0 fully saturated rings. The minimum absolute atomic E-state index is 0.514. The van der Waals surface area contributed by atoms with Crippen LogP contribution >= 0.6 is 44.3 Å². The van der Waals surface area contributed by atoms with Gasteiger partial charge in [0.05, 0.1) is 28.8 Å². The Balaban J connectivity index is 0.000000757. The second-order valence-electron chi connectivity index (χ2n) is 5.68. The molecular weight excluding hydrogens is 572 g/mol. The zero-order valence-electron chi connectivity index (χ0n) is 17.8. The van der Waals surface area contributed by atoms with Gasteiger partial charge in [0.15, 0.2) is 0 Å². The Labute approximate surface area is 201 Å². The van der Waals surface area contributed by atoms with E-state index in [9.17, 15) is 0 Å². The number of aromatic nitrogens is 5. The molecule has 0 saturated carbocycles. The molecule has 8 heteroatoms. The summed E-state index contributed by atoms with van der Waals surface area (Å²) >= 11 is 5.79. The highest BCUT2D eigenvalue weighted by Crippen LogP contribution is 2.34. The monoisotopic (exact) mass is 597 g/mol. The van der Waals surface area contributed by atoms with Crippen LogP contribution in [0.4, 0.5) is 0 Å². The van der Waals surface area contributed by atoms with E-state index in [2.05, 4.69) is 49.9 Å². The van der Waals surface area contributed by atoms with Crippen molar-refractivity contribution in [1.82, 2.24) is 24.5 Å². The lowest BCUT2D eigenvalue weighted by atomic mass is 10.1. The maximum atomic E-state index is 4.81. The van der Waals surface area contributed by atoms with E-state index in [4.69, 9.17) is 15.1 Å². The van der Waals surface area contributed by atoms with Crippen molar-refractivity contribution >= 4 is 55.4 Å². The Hall–Kier alpha value is -1.44. The summed E-state index contributed by atoms with van der Waals surface area (Å²) in [5.74, 6) is 0. The molecule has 0 spiro atoms. The molecular formula is C22H26BrIN5P. The molecule has 158 valence electrons. The van der Waals surface area contributed by atoms with E-state index < -0.39 is 0 Å². The molecule has 5 nitrogen and oxygen atoms in total. The van der Waals surface area contributed by atoms with Gasteiger partial charge in [-0.15, -0.1) is 0 Å². The summed E-state index contributed by atoms with van der Waals surface area (Å²) in [4.78, 5) is 14.0. The first-order chi connectivity index (χ1) is 14.7. The van der Waals surface area contributed by atoms with Gasteiger partial charge in [-0.05, 0) is 74.7 Å². The van der Waals surface area contributed by atoms with E-state index in [1.54, 1.807) is 6.20 Å². The van der Waals surface area contributed by atoms with Gasteiger partial charge in [-0.2, -0.15) is 5.10 Å². The lowest BCUT2D eigenvalue weighted by Gasteiger charge is -2.05. The first-order valence-corrected chi connectivity index (χ1v) is 14.9. The van der Waals surface area contributed by atoms with Crippen LogP contribution in [0.1, 0.15) is 40.3 Å². The summed E-state index contributed by atoms with van der Waals surface area (Å²) in [5, 5.41) is 4.74. The minimum atomic E-state index is 0.514. The van der Waals surface area contributed by atoms with Gasteiger partial charge in [-0.25, -0.2) is 9.44 Å². The van der Waals surface area contributed by atoms with Crippen molar-refractivity contribution in [1.29, 1.82) is 0 Å². The lowest BCUT2D eigenvalue weighted by Crippen LogP contribution is -1.93. The van der Waals surface area contributed by atoms with Crippen LogP contribution in [0.2, 0.25) is 0 Å². The van der Waals surface area contributed by atoms with Crippen LogP contribution in [0, 0.1) is 0 Å². The van der Waals surface area contributed by atoms with Gasteiger partial charge in [0.2, 0.25) is 0 Å². The van der Waals surface area contributed by atoms with Crippen molar-refractivity contribution in [2.75, 3.05) is 0 Å². The van der Waals surface area contributed by atoms with Crippen LogP contribution in [0.25, 0.3) is 33.7 Å². The molecule has 0 bridgehead atoms. The van der Waals surface area contributed by atoms with Gasteiger partial charge < -0.3 is 0 Å². The molecule has 1 atom stereocenters. The van der Waals surface area contributed by atoms with Crippen LogP contribution in [0.5, 0.6) is 0 Å². The van der Waals surface area contributed by atoms with Crippen molar-refractivity contribution in [2.24, 2.45) is 0 Å². The average molecular weight is 598 g/mol. The van der Waals surface area contributed by atoms with Gasteiger partial charge in [0.1, 0.15) is 5.69 Å². The summed E-state index contributed by atoms with van der Waals surface area (Å²) in [6.45, 7) is 10.1. The van der Waals surface area contributed by atoms with E-state index >= 15 is 0 Å². The van der Waals surface area contributed by atoms with Gasteiger partial charge in [-0.1, -0.05) is 40.7 Å². The highest BCUT2D eigenvalue weighted by atomic mass is 127. The Morgan fingerprint density at radius 2 is 1.77 bits per heavy atom. The van der Waals surface area contributed by atoms with Crippen molar-refractivity contribution < 1.29 is 0 Å². The molecule has 0 aromatic carbocycles. The summed E-state index contributed by atoms with van der Waals surface area (Å²) < 4.78 is 2.85. The molecule has 4 heterocycles. The number of nitrogens with zero attached hydrogens (tertiary/aromatic N) is 5. The molecule has 0 saturated heterocycles. The standard InChI is InChI=1S/C18H14BrIN5P.2C2H6/c1-2-12-4-3-5-16(22-12)18-13(10-25(24-18)26-20)14-6-7-15-17(23-14)8-11(19)9-21-15;2*1-2/h3-10,26H,2H2,1H3;2*1-2H3. The van der Waals surface area contributed by atoms with Crippen LogP contribution in [0.15, 0.2) is 53.3 Å². The van der Waals surface area contributed by atoms with E-state index in [1.165, 1.54) is 0 Å². The van der Waals surface area contributed by atoms with E-state index in [0.717, 1.165) is 50.3 Å². The molecule has 0 radical (unpaired) electrons. The summed E-state index contributed by atoms with van der Waals surface area (Å²) in [7, 11) is 0. The maximum absolute atomic E-state index is 4.81. The third-order valence-electron chi connectivity index (χ3n) is 3.99. The van der Waals surface area contributed by atoms with Gasteiger partial charge >= 0.3 is 0 Å². The Kier molecular flexibility index (Phi) is 10.3. The second kappa shape index (κ2) is 12.4. The zero-order chi connectivity index (χ0) is 22.1. The SMILES string of the molecule is CC.CC.CCc1cccc(-c2nn(PI)cc2-c2ccc3ncc(Br)cc3n2)n1. The van der Waals surface area contributed by atoms with Crippen molar-refractivity contribution in [2.45, 2.75) is 41.0 Å². The maximum Gasteiger partial charge on any atom is 0.120 e. The van der Waals surface area contributed by atoms with Crippen LogP contribution in [-0.2, 0) is 6.42 Å². The summed E-state index contributed by atoms with van der Waals surface area (Å²) in [6.07, 6.45) is 5.23. The minimum Gasteiger partial charge on any atom is -0.253 e. The second-order valence-corrected chi connectivity index (χ2v) is 8.67. The summed E-state index contributed by atoms with van der Waals surface area (Å²) in [6, 6.07) is 12.0. The number of fused-ring (bicyclic) bond motifs is 1. The zero-order valence-corrected chi connectivity index (χ0v) is 22.6. The molecule has 0 aliphatic rings. The van der Waals surface area contributed by atoms with E-state index in [-0.39, 0.29) is 0 Å². The fourth-order valence-corrected chi connectivity index (χ4v) is 4.11. The quantitative estimate of drug-likeness (QED) is 0.178. The fraction of sp³-hybridized carbons (Fsp3) is 0.273. The van der Waals surface area contributed by atoms with E-state index in [1.807, 2.05) is 74.7 Å². The molecule has 0 amide bonds. The number of halogens is 2. The number of hydrogen-bond donors (Lipinski definition) is 0. The van der Waals surface area contributed by atoms with Crippen LogP contribution < -0.4 is 0 Å². The first-order valence-electron chi connectivity index (χ1n) is 10.0. The number of pyridine rings is 3. The molecule has 0 aliphatic carbocycles. The smallest absolute Gasteiger partial charge is 0.120 e. The Morgan fingerprint density at radius 1 is 1.00 bits per heavy atom. The first kappa shape index (κ1) is 24.8. The third-order valence-corrected chi connectivity index (χ3v) is 6.31. The van der Waals surface area contributed by atoms with Gasteiger partial charge in [0.25, 0.3) is 0 Å². The average Bonchev–Trinajstić information content (AvgIpc) is 3.26. The van der Waals surface area contributed by atoms with Gasteiger partial charge in [-0.3, -0.25) is 9.97 Å². The normalized spacial score (nSPS) is 10.5. The Morgan fingerprint density at radius 3 is 2.47 bits per heavy atom. The topological polar surface area (TPSA) is 56.5 Å². The highest BCUT2D eigenvalue weighted by molar-refractivity contribution is 14.2. The highest BCUT2D eigenvalue weighted by Gasteiger charge is 2.16. The molecule has 4 rings (SSSR count). The molecule has 0 aliphatic heterocycles. The molecule has 4 aromatic rings. The van der Waals surface area contributed by atoms with Crippen molar-refractivity contribution in [3.8, 4) is 22.6 Å². The van der Waals surface area contributed by atoms with Gasteiger partial charge in [0, 0.05) is 28.1 Å². The third kappa shape index (κ3) is 5.83. The molecule has 0 N–H and O–H groups in total. The number of rotatable bonds is 4. The largest absolute Gasteiger partial charge is 0.253 e. The molecule has 1 unspecified atom stereocenters. The summed E-state index contributed by atoms with van der Waals surface area (Å²) in [5.41, 5.74) is 6.37. The molecule has 30 heavy (non-hydrogen) atoms. The Bertz CT molecular complexity index is 1100. The van der Waals surface area contributed by atoms with Crippen LogP contribution in [-0.4, -0.2) is 24.5 Å². The van der Waals surface area contributed by atoms with E-state index in [0.29, 0.717) is 6.37 Å². The van der Waals surface area contributed by atoms with Crippen molar-refractivity contribution in [3.05, 3.63) is 59.0 Å². The van der Waals surface area contributed by atoms with Crippen molar-refractivity contribution in [3.63, 3.8) is 0 Å². The van der Waals surface area contributed by atoms with Crippen LogP contribution in [0.3, 0.4) is 0 Å². The molecule has 4 aromatic heterocycles. The predicted octanol–water partition coefficient (Wildman–Crippen LogP) is 7.72. The predicted molar refractivity (Wildman–Crippen MR) is 141 cm³/mol. The number of hydrogen-bond acceptors (Lipinski definition) is 4. The number of aryl methyl sites for hydroxylation is 1. The lowest BCUT2D eigenvalue weighted by molar-refractivity contribution is 0.996.